The van der Waals surface area contributed by atoms with Crippen LogP contribution < -0.4 is 4.90 Å². The number of hydrogen-bond donors (Lipinski definition) is 0. The summed E-state index contributed by atoms with van der Waals surface area (Å²) >= 11 is 0. The Balaban J connectivity index is 1.92. The Labute approximate surface area is 164 Å². The zero-order valence-corrected chi connectivity index (χ0v) is 17.2. The average Bonchev–Trinajstić information content (AvgIpc) is 2.87. The van der Waals surface area contributed by atoms with Crippen molar-refractivity contribution in [1.82, 2.24) is 0 Å². The average molecular weight is 358 g/mol. The summed E-state index contributed by atoms with van der Waals surface area (Å²) in [6.07, 6.45) is 9.06. The van der Waals surface area contributed by atoms with E-state index in [0.717, 1.165) is 6.54 Å². The van der Waals surface area contributed by atoms with Crippen LogP contribution in [0, 0.1) is 0 Å². The van der Waals surface area contributed by atoms with E-state index in [4.69, 9.17) is 0 Å². The second-order valence-corrected chi connectivity index (χ2v) is 7.98. The van der Waals surface area contributed by atoms with Crippen LogP contribution in [0.3, 0.4) is 0 Å². The van der Waals surface area contributed by atoms with Gasteiger partial charge in [-0.3, -0.25) is 0 Å². The Morgan fingerprint density at radius 3 is 2.26 bits per heavy atom. The van der Waals surface area contributed by atoms with E-state index in [2.05, 4.69) is 118 Å². The van der Waals surface area contributed by atoms with Gasteiger partial charge in [0.15, 0.2) is 0 Å². The molecule has 0 N–H and O–H groups in total. The zero-order chi connectivity index (χ0) is 19.4. The van der Waals surface area contributed by atoms with Crippen molar-refractivity contribution in [2.24, 2.45) is 0 Å². The van der Waals surface area contributed by atoms with Crippen molar-refractivity contribution in [2.75, 3.05) is 11.4 Å². The minimum Gasteiger partial charge on any atom is -0.365 e. The highest BCUT2D eigenvalue weighted by Gasteiger charge is 2.35. The molecule has 0 aromatic heterocycles. The van der Waals surface area contributed by atoms with Gasteiger partial charge in [-0.2, -0.15) is 0 Å². The van der Waals surface area contributed by atoms with Gasteiger partial charge in [0, 0.05) is 23.7 Å². The van der Waals surface area contributed by atoms with Crippen LogP contribution in [0.5, 0.6) is 0 Å². The van der Waals surface area contributed by atoms with Crippen LogP contribution in [0.25, 0.3) is 5.57 Å². The molecule has 0 radical (unpaired) electrons. The minimum atomic E-state index is 0.0251. The van der Waals surface area contributed by atoms with E-state index in [9.17, 15) is 0 Å². The summed E-state index contributed by atoms with van der Waals surface area (Å²) in [5, 5.41) is 0. The maximum atomic E-state index is 2.43. The first kappa shape index (κ1) is 19.2. The van der Waals surface area contributed by atoms with Gasteiger partial charge in [0.2, 0.25) is 0 Å². The van der Waals surface area contributed by atoms with Gasteiger partial charge < -0.3 is 4.90 Å². The third-order valence-electron chi connectivity index (χ3n) is 5.49. The zero-order valence-electron chi connectivity index (χ0n) is 17.2. The van der Waals surface area contributed by atoms with E-state index >= 15 is 0 Å². The number of benzene rings is 2. The Morgan fingerprint density at radius 2 is 1.59 bits per heavy atom. The Hall–Kier alpha value is -2.54. The maximum Gasteiger partial charge on any atom is 0.0371 e. The fraction of sp³-hybridized carbons (Fsp3) is 0.308. The summed E-state index contributed by atoms with van der Waals surface area (Å²) in [5.41, 5.74) is 6.83. The second-order valence-electron chi connectivity index (χ2n) is 7.98. The Morgan fingerprint density at radius 1 is 0.926 bits per heavy atom. The number of anilines is 1. The van der Waals surface area contributed by atoms with E-state index in [1.807, 2.05) is 0 Å². The molecule has 0 bridgehead atoms. The van der Waals surface area contributed by atoms with Crippen LogP contribution in [0.15, 0.2) is 84.5 Å². The summed E-state index contributed by atoms with van der Waals surface area (Å²) in [6.45, 7) is 12.2. The molecule has 0 aliphatic heterocycles. The molecule has 3 rings (SSSR count). The summed E-state index contributed by atoms with van der Waals surface area (Å²) < 4.78 is 0. The fourth-order valence-corrected chi connectivity index (χ4v) is 4.05. The van der Waals surface area contributed by atoms with Gasteiger partial charge >= 0.3 is 0 Å². The number of rotatable bonds is 6. The third kappa shape index (κ3) is 3.78. The summed E-state index contributed by atoms with van der Waals surface area (Å²) in [4.78, 5) is 2.43. The van der Waals surface area contributed by atoms with Crippen molar-refractivity contribution >= 4 is 11.3 Å². The molecule has 2 aromatic rings. The van der Waals surface area contributed by atoms with Crippen LogP contribution in [-0.2, 0) is 5.41 Å². The van der Waals surface area contributed by atoms with Crippen LogP contribution in [0.1, 0.15) is 45.7 Å². The molecular weight excluding hydrogens is 326 g/mol. The van der Waals surface area contributed by atoms with E-state index in [1.165, 1.54) is 28.0 Å². The number of para-hydroxylation sites is 1. The van der Waals surface area contributed by atoms with E-state index in [-0.39, 0.29) is 5.41 Å². The van der Waals surface area contributed by atoms with Gasteiger partial charge in [0.1, 0.15) is 0 Å². The molecule has 27 heavy (non-hydrogen) atoms. The SMILES string of the molecule is C/C=C\C1=C(/C=C\CN(c2ccccc2)C(C)C)C(C)(C)c2ccccc21. The molecule has 1 nitrogen and oxygen atoms in total. The van der Waals surface area contributed by atoms with Crippen molar-refractivity contribution in [3.8, 4) is 0 Å². The third-order valence-corrected chi connectivity index (χ3v) is 5.49. The van der Waals surface area contributed by atoms with Gasteiger partial charge in [-0.05, 0) is 55.2 Å². The molecule has 0 spiro atoms. The lowest BCUT2D eigenvalue weighted by molar-refractivity contribution is 0.653. The standard InChI is InChI=1S/C26H31N/c1-6-13-22-23-16-10-11-17-24(23)26(4,5)25(22)18-12-19-27(20(2)3)21-14-8-7-9-15-21/h6-18,20H,19H2,1-5H3/b13-6-,18-12-. The molecule has 0 amide bonds. The van der Waals surface area contributed by atoms with Crippen LogP contribution in [0.2, 0.25) is 0 Å². The normalized spacial score (nSPS) is 15.9. The van der Waals surface area contributed by atoms with Crippen LogP contribution in [0.4, 0.5) is 5.69 Å². The molecule has 0 saturated heterocycles. The van der Waals surface area contributed by atoms with Crippen molar-refractivity contribution in [3.05, 3.63) is 95.6 Å². The van der Waals surface area contributed by atoms with Crippen molar-refractivity contribution < 1.29 is 0 Å². The van der Waals surface area contributed by atoms with Gasteiger partial charge in [-0.25, -0.2) is 0 Å². The number of hydrogen-bond acceptors (Lipinski definition) is 1. The Kier molecular flexibility index (Phi) is 5.70. The maximum absolute atomic E-state index is 2.43. The predicted octanol–water partition coefficient (Wildman–Crippen LogP) is 6.78. The first-order chi connectivity index (χ1) is 13.0. The van der Waals surface area contributed by atoms with Crippen molar-refractivity contribution in [3.63, 3.8) is 0 Å². The smallest absolute Gasteiger partial charge is 0.0371 e. The molecule has 140 valence electrons. The highest BCUT2D eigenvalue weighted by molar-refractivity contribution is 5.87. The lowest BCUT2D eigenvalue weighted by atomic mass is 9.81. The summed E-state index contributed by atoms with van der Waals surface area (Å²) in [6, 6.07) is 19.9. The quantitative estimate of drug-likeness (QED) is 0.551. The number of fused-ring (bicyclic) bond motifs is 1. The fourth-order valence-electron chi connectivity index (χ4n) is 4.05. The highest BCUT2D eigenvalue weighted by atomic mass is 15.1. The van der Waals surface area contributed by atoms with Crippen molar-refractivity contribution in [2.45, 2.75) is 46.1 Å². The van der Waals surface area contributed by atoms with Crippen molar-refractivity contribution in [1.29, 1.82) is 0 Å². The van der Waals surface area contributed by atoms with Gasteiger partial charge in [0.25, 0.3) is 0 Å². The molecule has 2 aromatic carbocycles. The molecule has 0 atom stereocenters. The summed E-state index contributed by atoms with van der Waals surface area (Å²) in [5.74, 6) is 0. The molecule has 1 aliphatic carbocycles. The van der Waals surface area contributed by atoms with Gasteiger partial charge in [-0.1, -0.05) is 80.6 Å². The molecule has 0 heterocycles. The largest absolute Gasteiger partial charge is 0.365 e. The van der Waals surface area contributed by atoms with Crippen LogP contribution in [-0.4, -0.2) is 12.6 Å². The van der Waals surface area contributed by atoms with E-state index < -0.39 is 0 Å². The monoisotopic (exact) mass is 357 g/mol. The van der Waals surface area contributed by atoms with Gasteiger partial charge in [0.05, 0.1) is 0 Å². The molecule has 1 aliphatic rings. The first-order valence-corrected chi connectivity index (χ1v) is 9.92. The molecule has 0 fully saturated rings. The lowest BCUT2D eigenvalue weighted by Crippen LogP contribution is -2.30. The topological polar surface area (TPSA) is 3.24 Å². The molecule has 0 unspecified atom stereocenters. The predicted molar refractivity (Wildman–Crippen MR) is 119 cm³/mol. The minimum absolute atomic E-state index is 0.0251. The van der Waals surface area contributed by atoms with E-state index in [0.29, 0.717) is 6.04 Å². The number of nitrogens with zero attached hydrogens (tertiary/aromatic N) is 1. The first-order valence-electron chi connectivity index (χ1n) is 9.92. The molecular formula is C26H31N. The highest BCUT2D eigenvalue weighted by Crippen LogP contribution is 2.47. The van der Waals surface area contributed by atoms with Crippen LogP contribution >= 0.6 is 0 Å². The second kappa shape index (κ2) is 8.00. The molecule has 1 heteroatoms. The van der Waals surface area contributed by atoms with Gasteiger partial charge in [-0.15, -0.1) is 0 Å². The molecule has 0 saturated carbocycles. The van der Waals surface area contributed by atoms with E-state index in [1.54, 1.807) is 0 Å². The summed E-state index contributed by atoms with van der Waals surface area (Å²) in [7, 11) is 0. The number of allylic oxidation sites excluding steroid dienone is 5. The lowest BCUT2D eigenvalue weighted by Gasteiger charge is -2.28. The Bertz CT molecular complexity index is 866.